The Bertz CT molecular complexity index is 683. The minimum atomic E-state index is -4.58. The molecule has 1 aromatic heterocycles. The van der Waals surface area contributed by atoms with Crippen LogP contribution in [0.3, 0.4) is 0 Å². The second kappa shape index (κ2) is 5.51. The number of carbonyl (C=O) groups is 1. The van der Waals surface area contributed by atoms with Crippen molar-refractivity contribution in [2.45, 2.75) is 20.0 Å². The fourth-order valence-corrected chi connectivity index (χ4v) is 1.65. The third-order valence-electron chi connectivity index (χ3n) is 2.97. The zero-order chi connectivity index (χ0) is 15.6. The highest BCUT2D eigenvalue weighted by molar-refractivity contribution is 6.03. The Morgan fingerprint density at radius 3 is 2.43 bits per heavy atom. The van der Waals surface area contributed by atoms with Gasteiger partial charge < -0.3 is 5.32 Å². The molecule has 0 aliphatic heterocycles. The van der Waals surface area contributed by atoms with Gasteiger partial charge in [0.25, 0.3) is 5.91 Å². The molecule has 0 bridgehead atoms. The van der Waals surface area contributed by atoms with Crippen molar-refractivity contribution < 1.29 is 18.0 Å². The highest BCUT2D eigenvalue weighted by Crippen LogP contribution is 2.28. The number of aryl methyl sites for hydroxylation is 2. The third-order valence-corrected chi connectivity index (χ3v) is 2.97. The monoisotopic (exact) mass is 295 g/mol. The van der Waals surface area contributed by atoms with E-state index < -0.39 is 17.8 Å². The number of aromatic nitrogens is 2. The van der Waals surface area contributed by atoms with Gasteiger partial charge in [0, 0.05) is 11.6 Å². The lowest BCUT2D eigenvalue weighted by atomic mass is 10.1. The van der Waals surface area contributed by atoms with Crippen molar-refractivity contribution in [3.8, 4) is 0 Å². The first-order valence-electron chi connectivity index (χ1n) is 6.05. The lowest BCUT2D eigenvalue weighted by Gasteiger charge is -2.09. The second-order valence-electron chi connectivity index (χ2n) is 4.54. The Balaban J connectivity index is 2.21. The van der Waals surface area contributed by atoms with Crippen molar-refractivity contribution >= 4 is 11.7 Å². The quantitative estimate of drug-likeness (QED) is 0.924. The molecule has 2 aromatic rings. The summed E-state index contributed by atoms with van der Waals surface area (Å²) in [5.74, 6) is -0.717. The van der Waals surface area contributed by atoms with Gasteiger partial charge in [0.05, 0.1) is 0 Å². The number of alkyl halides is 3. The maximum atomic E-state index is 12.5. The smallest absolute Gasteiger partial charge is 0.306 e. The minimum Gasteiger partial charge on any atom is -0.306 e. The number of rotatable bonds is 2. The molecule has 2 rings (SSSR count). The number of nitrogens with one attached hydrogen (secondary N) is 1. The molecule has 0 radical (unpaired) electrons. The van der Waals surface area contributed by atoms with Crippen LogP contribution in [0.1, 0.15) is 27.2 Å². The summed E-state index contributed by atoms with van der Waals surface area (Å²) in [7, 11) is 0. The topological polar surface area (TPSA) is 54.9 Å². The molecule has 0 unspecified atom stereocenters. The largest absolute Gasteiger partial charge is 0.433 e. The Morgan fingerprint density at radius 2 is 1.81 bits per heavy atom. The van der Waals surface area contributed by atoms with E-state index in [4.69, 9.17) is 0 Å². The second-order valence-corrected chi connectivity index (χ2v) is 4.54. The molecule has 7 heteroatoms. The molecule has 1 N–H and O–H groups in total. The van der Waals surface area contributed by atoms with Crippen LogP contribution < -0.4 is 5.32 Å². The molecule has 0 saturated heterocycles. The zero-order valence-corrected chi connectivity index (χ0v) is 11.3. The van der Waals surface area contributed by atoms with E-state index in [1.807, 2.05) is 13.8 Å². The molecule has 0 spiro atoms. The summed E-state index contributed by atoms with van der Waals surface area (Å²) in [6.07, 6.45) is -3.82. The number of anilines is 1. The highest BCUT2D eigenvalue weighted by atomic mass is 19.4. The lowest BCUT2D eigenvalue weighted by Crippen LogP contribution is -2.15. The van der Waals surface area contributed by atoms with Gasteiger partial charge in [-0.3, -0.25) is 4.79 Å². The van der Waals surface area contributed by atoms with Crippen LogP contribution in [-0.4, -0.2) is 15.9 Å². The molecule has 1 amide bonds. The van der Waals surface area contributed by atoms with Crippen molar-refractivity contribution in [3.05, 3.63) is 53.0 Å². The number of nitrogens with zero attached hydrogens (tertiary/aromatic N) is 2. The van der Waals surface area contributed by atoms with E-state index in [0.717, 1.165) is 17.5 Å². The van der Waals surface area contributed by atoms with E-state index in [1.165, 1.54) is 0 Å². The van der Waals surface area contributed by atoms with E-state index in [0.29, 0.717) is 11.6 Å². The van der Waals surface area contributed by atoms with Crippen LogP contribution in [0.15, 0.2) is 30.6 Å². The zero-order valence-electron chi connectivity index (χ0n) is 11.3. The summed E-state index contributed by atoms with van der Waals surface area (Å²) in [6, 6.07) is 5.73. The van der Waals surface area contributed by atoms with Crippen LogP contribution in [0.4, 0.5) is 19.0 Å². The van der Waals surface area contributed by atoms with Gasteiger partial charge >= 0.3 is 6.18 Å². The van der Waals surface area contributed by atoms with E-state index in [-0.39, 0.29) is 5.82 Å². The minimum absolute atomic E-state index is 0.194. The maximum Gasteiger partial charge on any atom is 0.433 e. The SMILES string of the molecule is Cc1ccc(C(=O)Nc2cc(C(F)(F)F)ncn2)cc1C. The fourth-order valence-electron chi connectivity index (χ4n) is 1.65. The summed E-state index contributed by atoms with van der Waals surface area (Å²) >= 11 is 0. The molecule has 4 nitrogen and oxygen atoms in total. The third kappa shape index (κ3) is 3.56. The first-order chi connectivity index (χ1) is 9.77. The number of carbonyl (C=O) groups excluding carboxylic acids is 1. The van der Waals surface area contributed by atoms with Crippen molar-refractivity contribution in [1.82, 2.24) is 9.97 Å². The predicted molar refractivity (Wildman–Crippen MR) is 70.9 cm³/mol. The average molecular weight is 295 g/mol. The average Bonchev–Trinajstić information content (AvgIpc) is 2.41. The van der Waals surface area contributed by atoms with Crippen molar-refractivity contribution in [2.75, 3.05) is 5.32 Å². The van der Waals surface area contributed by atoms with Gasteiger partial charge in [-0.05, 0) is 37.1 Å². The number of benzene rings is 1. The first kappa shape index (κ1) is 15.0. The van der Waals surface area contributed by atoms with Gasteiger partial charge in [-0.15, -0.1) is 0 Å². The summed E-state index contributed by atoms with van der Waals surface area (Å²) in [4.78, 5) is 18.7. The van der Waals surface area contributed by atoms with E-state index in [1.54, 1.807) is 18.2 Å². The number of hydrogen-bond donors (Lipinski definition) is 1. The molecular weight excluding hydrogens is 283 g/mol. The maximum absolute atomic E-state index is 12.5. The van der Waals surface area contributed by atoms with E-state index in [2.05, 4.69) is 15.3 Å². The van der Waals surface area contributed by atoms with Gasteiger partial charge in [0.2, 0.25) is 0 Å². The molecule has 0 aliphatic rings. The van der Waals surface area contributed by atoms with Crippen LogP contribution in [-0.2, 0) is 6.18 Å². The molecule has 21 heavy (non-hydrogen) atoms. The lowest BCUT2D eigenvalue weighted by molar-refractivity contribution is -0.141. The molecule has 0 fully saturated rings. The molecule has 1 aromatic carbocycles. The van der Waals surface area contributed by atoms with Gasteiger partial charge in [0.1, 0.15) is 17.8 Å². The molecule has 1 heterocycles. The van der Waals surface area contributed by atoms with Crippen molar-refractivity contribution in [2.24, 2.45) is 0 Å². The van der Waals surface area contributed by atoms with E-state index >= 15 is 0 Å². The van der Waals surface area contributed by atoms with Gasteiger partial charge in [-0.25, -0.2) is 9.97 Å². The Labute approximate surface area is 119 Å². The normalized spacial score (nSPS) is 11.3. The molecule has 0 atom stereocenters. The highest BCUT2D eigenvalue weighted by Gasteiger charge is 2.32. The summed E-state index contributed by atoms with van der Waals surface area (Å²) in [6.45, 7) is 3.75. The number of halogens is 3. The number of hydrogen-bond acceptors (Lipinski definition) is 3. The van der Waals surface area contributed by atoms with Gasteiger partial charge in [0.15, 0.2) is 0 Å². The number of amides is 1. The Kier molecular flexibility index (Phi) is 3.93. The molecule has 0 aliphatic carbocycles. The molecule has 110 valence electrons. The van der Waals surface area contributed by atoms with Crippen LogP contribution >= 0.6 is 0 Å². The fraction of sp³-hybridized carbons (Fsp3) is 0.214. The van der Waals surface area contributed by atoms with Crippen LogP contribution in [0.5, 0.6) is 0 Å². The predicted octanol–water partition coefficient (Wildman–Crippen LogP) is 3.36. The van der Waals surface area contributed by atoms with Gasteiger partial charge in [-0.2, -0.15) is 13.2 Å². The molecule has 0 saturated carbocycles. The van der Waals surface area contributed by atoms with Crippen LogP contribution in [0, 0.1) is 13.8 Å². The summed E-state index contributed by atoms with van der Waals surface area (Å²) < 4.78 is 37.6. The summed E-state index contributed by atoms with van der Waals surface area (Å²) in [5.41, 5.74) is 1.19. The molecular formula is C14H12F3N3O. The standard InChI is InChI=1S/C14H12F3N3O/c1-8-3-4-10(5-9(8)2)13(21)20-12-6-11(14(15,16)17)18-7-19-12/h3-7H,1-2H3,(H,18,19,20,21). The van der Waals surface area contributed by atoms with E-state index in [9.17, 15) is 18.0 Å². The summed E-state index contributed by atoms with van der Waals surface area (Å²) in [5, 5.41) is 2.33. The van der Waals surface area contributed by atoms with Gasteiger partial charge in [-0.1, -0.05) is 6.07 Å². The Hall–Kier alpha value is -2.44. The van der Waals surface area contributed by atoms with Crippen molar-refractivity contribution in [1.29, 1.82) is 0 Å². The Morgan fingerprint density at radius 1 is 1.10 bits per heavy atom. The van der Waals surface area contributed by atoms with Crippen LogP contribution in [0.25, 0.3) is 0 Å². The van der Waals surface area contributed by atoms with Crippen LogP contribution in [0.2, 0.25) is 0 Å². The van der Waals surface area contributed by atoms with Crippen molar-refractivity contribution in [3.63, 3.8) is 0 Å². The first-order valence-corrected chi connectivity index (χ1v) is 6.05.